The second kappa shape index (κ2) is 5.97. The van der Waals surface area contributed by atoms with E-state index in [2.05, 4.69) is 35.6 Å². The molecule has 12 heavy (non-hydrogen) atoms. The lowest BCUT2D eigenvalue weighted by Gasteiger charge is -2.07. The average molecular weight is 280 g/mol. The van der Waals surface area contributed by atoms with Gasteiger partial charge in [0.2, 0.25) is 0 Å². The van der Waals surface area contributed by atoms with Gasteiger partial charge in [-0.15, -0.1) is 0 Å². The van der Waals surface area contributed by atoms with Crippen molar-refractivity contribution in [3.8, 4) is 0 Å². The summed E-state index contributed by atoms with van der Waals surface area (Å²) in [4.78, 5) is 0. The topological polar surface area (TPSA) is 9.23 Å². The second-order valence-corrected chi connectivity index (χ2v) is 4.48. The largest absolute Gasteiger partial charge is 0.373 e. The molecule has 0 aliphatic carbocycles. The number of rotatable bonds is 4. The van der Waals surface area contributed by atoms with Crippen LogP contribution in [0, 0.1) is 0 Å². The minimum atomic E-state index is 0.433. The molecule has 0 radical (unpaired) electrons. The first kappa shape index (κ1) is 10.5. The number of unbranched alkanes of at least 4 members (excludes halogenated alkanes) is 2. The highest BCUT2D eigenvalue weighted by Gasteiger charge is 2.17. The van der Waals surface area contributed by atoms with Crippen molar-refractivity contribution >= 4 is 22.6 Å². The van der Waals surface area contributed by atoms with Gasteiger partial charge in [-0.1, -0.05) is 25.8 Å². The van der Waals surface area contributed by atoms with Crippen molar-refractivity contribution in [2.24, 2.45) is 0 Å². The van der Waals surface area contributed by atoms with E-state index in [1.807, 2.05) is 0 Å². The first-order valence-corrected chi connectivity index (χ1v) is 5.89. The maximum atomic E-state index is 5.57. The normalized spacial score (nSPS) is 24.8. The predicted molar refractivity (Wildman–Crippen MR) is 60.6 cm³/mol. The summed E-state index contributed by atoms with van der Waals surface area (Å²) in [5.74, 6) is 0. The van der Waals surface area contributed by atoms with Crippen LogP contribution in [0.25, 0.3) is 0 Å². The summed E-state index contributed by atoms with van der Waals surface area (Å²) in [6, 6.07) is 0. The van der Waals surface area contributed by atoms with E-state index in [1.165, 1.54) is 35.7 Å². The van der Waals surface area contributed by atoms with Gasteiger partial charge in [0.05, 0.1) is 6.10 Å². The molecular weight excluding hydrogens is 263 g/mol. The summed E-state index contributed by atoms with van der Waals surface area (Å²) in [5, 5.41) is 0. The van der Waals surface area contributed by atoms with Crippen LogP contribution < -0.4 is 0 Å². The molecule has 1 fully saturated rings. The lowest BCUT2D eigenvalue weighted by Crippen LogP contribution is -2.03. The molecule has 0 saturated carbocycles. The minimum absolute atomic E-state index is 0.433. The molecule has 1 rings (SSSR count). The minimum Gasteiger partial charge on any atom is -0.373 e. The van der Waals surface area contributed by atoms with Crippen LogP contribution in [0.2, 0.25) is 0 Å². The summed E-state index contributed by atoms with van der Waals surface area (Å²) in [6.07, 6.45) is 9.03. The molecule has 0 N–H and O–H groups in total. The van der Waals surface area contributed by atoms with Crippen LogP contribution in [0.5, 0.6) is 0 Å². The Morgan fingerprint density at radius 2 is 2.50 bits per heavy atom. The Bertz CT molecular complexity index is 148. The van der Waals surface area contributed by atoms with Crippen molar-refractivity contribution in [2.45, 2.75) is 45.1 Å². The van der Waals surface area contributed by atoms with Crippen LogP contribution in [0.4, 0.5) is 0 Å². The molecule has 1 aliphatic heterocycles. The quantitative estimate of drug-likeness (QED) is 0.564. The van der Waals surface area contributed by atoms with E-state index in [4.69, 9.17) is 4.74 Å². The van der Waals surface area contributed by atoms with E-state index >= 15 is 0 Å². The summed E-state index contributed by atoms with van der Waals surface area (Å²) in [7, 11) is 0. The highest BCUT2D eigenvalue weighted by Crippen LogP contribution is 2.25. The molecule has 0 bridgehead atoms. The lowest BCUT2D eigenvalue weighted by molar-refractivity contribution is 0.144. The summed E-state index contributed by atoms with van der Waals surface area (Å²) in [5.41, 5.74) is 0. The van der Waals surface area contributed by atoms with Gasteiger partial charge in [-0.05, 0) is 41.9 Å². The summed E-state index contributed by atoms with van der Waals surface area (Å²) < 4.78 is 6.98. The molecule has 1 nitrogen and oxygen atoms in total. The van der Waals surface area contributed by atoms with E-state index in [1.54, 1.807) is 0 Å². The number of hydrogen-bond donors (Lipinski definition) is 0. The molecule has 1 aliphatic rings. The molecule has 0 unspecified atom stereocenters. The maximum Gasteiger partial charge on any atom is 0.0879 e. The third-order valence-corrected chi connectivity index (χ3v) is 3.27. The second-order valence-electron chi connectivity index (χ2n) is 3.23. The maximum absolute atomic E-state index is 5.57. The van der Waals surface area contributed by atoms with E-state index in [0.29, 0.717) is 6.10 Å². The van der Waals surface area contributed by atoms with Gasteiger partial charge in [0, 0.05) is 10.2 Å². The summed E-state index contributed by atoms with van der Waals surface area (Å²) >= 11 is 2.42. The zero-order valence-electron chi connectivity index (χ0n) is 7.68. The van der Waals surface area contributed by atoms with Gasteiger partial charge >= 0.3 is 0 Å². The molecule has 0 aromatic carbocycles. The molecule has 0 aromatic heterocycles. The van der Waals surface area contributed by atoms with Crippen LogP contribution in [-0.2, 0) is 4.74 Å². The highest BCUT2D eigenvalue weighted by atomic mass is 127. The fraction of sp³-hybridized carbons (Fsp3) is 0.800. The Morgan fingerprint density at radius 3 is 3.08 bits per heavy atom. The lowest BCUT2D eigenvalue weighted by atomic mass is 10.2. The zero-order valence-corrected chi connectivity index (χ0v) is 9.84. The Hall–Kier alpha value is 0.430. The molecule has 70 valence electrons. The number of hydrogen-bond acceptors (Lipinski definition) is 1. The third kappa shape index (κ3) is 3.44. The average Bonchev–Trinajstić information content (AvgIpc) is 2.56. The SMILES string of the molecule is CCCC/C=C(\I)[C@H]1CCCO1. The van der Waals surface area contributed by atoms with Gasteiger partial charge in [-0.25, -0.2) is 0 Å². The zero-order chi connectivity index (χ0) is 8.81. The standard InChI is InChI=1S/C10H17IO/c1-2-3-4-6-9(11)10-7-5-8-12-10/h6,10H,2-5,7-8H2,1H3/b9-6-/t10-/m1/s1. The first-order valence-electron chi connectivity index (χ1n) is 4.81. The van der Waals surface area contributed by atoms with E-state index in [-0.39, 0.29) is 0 Å². The van der Waals surface area contributed by atoms with Crippen molar-refractivity contribution < 1.29 is 4.74 Å². The van der Waals surface area contributed by atoms with Gasteiger partial charge in [0.1, 0.15) is 0 Å². The van der Waals surface area contributed by atoms with Crippen molar-refractivity contribution in [3.63, 3.8) is 0 Å². The van der Waals surface area contributed by atoms with Gasteiger partial charge in [-0.3, -0.25) is 0 Å². The van der Waals surface area contributed by atoms with Gasteiger partial charge in [0.15, 0.2) is 0 Å². The third-order valence-electron chi connectivity index (χ3n) is 2.13. The van der Waals surface area contributed by atoms with Gasteiger partial charge in [0.25, 0.3) is 0 Å². The highest BCUT2D eigenvalue weighted by molar-refractivity contribution is 14.1. The molecule has 1 atom stereocenters. The van der Waals surface area contributed by atoms with E-state index in [9.17, 15) is 0 Å². The molecular formula is C10H17IO. The smallest absolute Gasteiger partial charge is 0.0879 e. The number of halogens is 1. The van der Waals surface area contributed by atoms with E-state index < -0.39 is 0 Å². The summed E-state index contributed by atoms with van der Waals surface area (Å²) in [6.45, 7) is 3.19. The first-order chi connectivity index (χ1) is 5.84. The Kier molecular flexibility index (Phi) is 5.23. The van der Waals surface area contributed by atoms with Crippen LogP contribution in [-0.4, -0.2) is 12.7 Å². The Labute approximate surface area is 88.7 Å². The predicted octanol–water partition coefficient (Wildman–Crippen LogP) is 3.67. The van der Waals surface area contributed by atoms with Crippen molar-refractivity contribution in [1.29, 1.82) is 0 Å². The number of allylic oxidation sites excluding steroid dienone is 1. The Balaban J connectivity index is 2.24. The van der Waals surface area contributed by atoms with E-state index in [0.717, 1.165) is 6.61 Å². The van der Waals surface area contributed by atoms with Crippen LogP contribution in [0.1, 0.15) is 39.0 Å². The van der Waals surface area contributed by atoms with Crippen LogP contribution >= 0.6 is 22.6 Å². The molecule has 0 aromatic rings. The molecule has 2 heteroatoms. The monoisotopic (exact) mass is 280 g/mol. The fourth-order valence-corrected chi connectivity index (χ4v) is 2.17. The molecule has 0 spiro atoms. The number of ether oxygens (including phenoxy) is 1. The van der Waals surface area contributed by atoms with Crippen molar-refractivity contribution in [2.75, 3.05) is 6.61 Å². The van der Waals surface area contributed by atoms with Crippen LogP contribution in [0.15, 0.2) is 9.66 Å². The Morgan fingerprint density at radius 1 is 1.67 bits per heavy atom. The van der Waals surface area contributed by atoms with Gasteiger partial charge < -0.3 is 4.74 Å². The molecule has 1 saturated heterocycles. The van der Waals surface area contributed by atoms with Crippen molar-refractivity contribution in [1.82, 2.24) is 0 Å². The van der Waals surface area contributed by atoms with Gasteiger partial charge in [-0.2, -0.15) is 0 Å². The fourth-order valence-electron chi connectivity index (χ4n) is 1.37. The molecule has 1 heterocycles. The van der Waals surface area contributed by atoms with Crippen molar-refractivity contribution in [3.05, 3.63) is 9.66 Å². The molecule has 0 amide bonds. The van der Waals surface area contributed by atoms with Crippen LogP contribution in [0.3, 0.4) is 0 Å².